The molecule has 7 nitrogen and oxygen atoms in total. The van der Waals surface area contributed by atoms with Gasteiger partial charge in [-0.25, -0.2) is 8.42 Å². The van der Waals surface area contributed by atoms with E-state index in [4.69, 9.17) is 0 Å². The van der Waals surface area contributed by atoms with Crippen LogP contribution in [0.4, 0.5) is 5.69 Å². The van der Waals surface area contributed by atoms with Gasteiger partial charge in [0.25, 0.3) is 10.0 Å². The van der Waals surface area contributed by atoms with Crippen molar-refractivity contribution >= 4 is 27.5 Å². The number of nitrogens with one attached hydrogen (secondary N) is 1. The summed E-state index contributed by atoms with van der Waals surface area (Å²) in [7, 11) is -4.15. The minimum Gasteiger partial charge on any atom is -0.355 e. The summed E-state index contributed by atoms with van der Waals surface area (Å²) in [6.45, 7) is 9.52. The van der Waals surface area contributed by atoms with Crippen molar-refractivity contribution in [1.82, 2.24) is 10.2 Å². The van der Waals surface area contributed by atoms with Crippen molar-refractivity contribution in [2.24, 2.45) is 0 Å². The van der Waals surface area contributed by atoms with Gasteiger partial charge >= 0.3 is 0 Å². The Hall–Kier alpha value is -4.43. The summed E-state index contributed by atoms with van der Waals surface area (Å²) >= 11 is 0. The van der Waals surface area contributed by atoms with Crippen molar-refractivity contribution < 1.29 is 18.0 Å². The number of likely N-dealkylation sites (N-methyl/N-ethyl adjacent to an activating group) is 1. The van der Waals surface area contributed by atoms with Gasteiger partial charge in [0.2, 0.25) is 11.8 Å². The quantitative estimate of drug-likeness (QED) is 0.216. The number of rotatable bonds is 12. The van der Waals surface area contributed by atoms with Crippen LogP contribution in [0.2, 0.25) is 0 Å². The molecule has 8 heteroatoms. The molecule has 0 aliphatic heterocycles. The summed E-state index contributed by atoms with van der Waals surface area (Å²) in [6, 6.07) is 28.5. The molecule has 0 spiro atoms. The Bertz CT molecular complexity index is 1690. The average Bonchev–Trinajstić information content (AvgIpc) is 3.01. The maximum Gasteiger partial charge on any atom is 0.264 e. The van der Waals surface area contributed by atoms with E-state index in [0.717, 1.165) is 33.4 Å². The zero-order chi connectivity index (χ0) is 31.9. The normalized spacial score (nSPS) is 11.9. The Morgan fingerprint density at radius 2 is 1.36 bits per heavy atom. The maximum atomic E-state index is 14.5. The van der Waals surface area contributed by atoms with Gasteiger partial charge in [0.1, 0.15) is 12.6 Å². The molecule has 0 fully saturated rings. The first-order chi connectivity index (χ1) is 21.0. The Kier molecular flexibility index (Phi) is 10.6. The van der Waals surface area contributed by atoms with E-state index in [-0.39, 0.29) is 23.8 Å². The number of benzene rings is 4. The van der Waals surface area contributed by atoms with Crippen molar-refractivity contribution in [3.05, 3.63) is 130 Å². The second-order valence-corrected chi connectivity index (χ2v) is 13.0. The number of hydrogen-bond donors (Lipinski definition) is 1. The number of carbonyl (C=O) groups is 2. The largest absolute Gasteiger partial charge is 0.355 e. The zero-order valence-corrected chi connectivity index (χ0v) is 26.9. The fourth-order valence-electron chi connectivity index (χ4n) is 5.09. The first-order valence-electron chi connectivity index (χ1n) is 14.8. The number of hydrogen-bond acceptors (Lipinski definition) is 4. The maximum absolute atomic E-state index is 14.5. The van der Waals surface area contributed by atoms with Crippen LogP contribution in [0.15, 0.2) is 102 Å². The molecule has 0 aliphatic carbocycles. The molecule has 230 valence electrons. The molecule has 0 aliphatic rings. The van der Waals surface area contributed by atoms with E-state index in [1.807, 2.05) is 95.3 Å². The molecular formula is C36H41N3O4S. The lowest BCUT2D eigenvalue weighted by atomic mass is 10.0. The van der Waals surface area contributed by atoms with Crippen LogP contribution in [0.5, 0.6) is 0 Å². The predicted octanol–water partition coefficient (Wildman–Crippen LogP) is 5.89. The van der Waals surface area contributed by atoms with Crippen molar-refractivity contribution in [1.29, 1.82) is 0 Å². The second-order valence-electron chi connectivity index (χ2n) is 11.2. The topological polar surface area (TPSA) is 86.8 Å². The lowest BCUT2D eigenvalue weighted by Crippen LogP contribution is -2.53. The van der Waals surface area contributed by atoms with Crippen LogP contribution in [0.3, 0.4) is 0 Å². The van der Waals surface area contributed by atoms with Gasteiger partial charge in [0.05, 0.1) is 10.6 Å². The Balaban J connectivity index is 1.82. The predicted molar refractivity (Wildman–Crippen MR) is 176 cm³/mol. The third-order valence-corrected chi connectivity index (χ3v) is 9.60. The first-order valence-corrected chi connectivity index (χ1v) is 16.3. The molecule has 0 bridgehead atoms. The molecule has 1 N–H and O–H groups in total. The number of nitrogens with zero attached hydrogens (tertiary/aromatic N) is 2. The van der Waals surface area contributed by atoms with Crippen molar-refractivity contribution in [3.63, 3.8) is 0 Å². The third kappa shape index (κ3) is 7.74. The highest BCUT2D eigenvalue weighted by Crippen LogP contribution is 2.29. The lowest BCUT2D eigenvalue weighted by Gasteiger charge is -2.34. The van der Waals surface area contributed by atoms with Crippen LogP contribution in [0, 0.1) is 27.7 Å². The molecule has 0 radical (unpaired) electrons. The molecule has 1 atom stereocenters. The minimum atomic E-state index is -4.15. The molecule has 0 saturated carbocycles. The summed E-state index contributed by atoms with van der Waals surface area (Å²) < 4.78 is 29.7. The summed E-state index contributed by atoms with van der Waals surface area (Å²) in [6.07, 6.45) is 0.276. The van der Waals surface area contributed by atoms with Crippen LogP contribution in [-0.2, 0) is 32.6 Å². The van der Waals surface area contributed by atoms with E-state index in [9.17, 15) is 18.0 Å². The molecule has 0 aromatic heterocycles. The molecule has 2 amide bonds. The van der Waals surface area contributed by atoms with E-state index in [2.05, 4.69) is 5.32 Å². The third-order valence-electron chi connectivity index (χ3n) is 7.83. The molecule has 0 unspecified atom stereocenters. The highest BCUT2D eigenvalue weighted by atomic mass is 32.2. The van der Waals surface area contributed by atoms with Gasteiger partial charge in [-0.05, 0) is 75.1 Å². The van der Waals surface area contributed by atoms with Gasteiger partial charge in [-0.1, -0.05) is 90.0 Å². The first kappa shape index (κ1) is 32.5. The lowest BCUT2D eigenvalue weighted by molar-refractivity contribution is -0.140. The Labute approximate surface area is 261 Å². The number of amides is 2. The van der Waals surface area contributed by atoms with E-state index >= 15 is 0 Å². The Morgan fingerprint density at radius 3 is 1.98 bits per heavy atom. The van der Waals surface area contributed by atoms with Gasteiger partial charge in [-0.15, -0.1) is 0 Å². The smallest absolute Gasteiger partial charge is 0.264 e. The summed E-state index contributed by atoms with van der Waals surface area (Å²) in [4.78, 5) is 29.7. The molecule has 4 aromatic rings. The van der Waals surface area contributed by atoms with Crippen molar-refractivity contribution in [2.45, 2.75) is 58.5 Å². The van der Waals surface area contributed by atoms with E-state index in [1.54, 1.807) is 36.4 Å². The molecule has 0 saturated heterocycles. The van der Waals surface area contributed by atoms with Crippen LogP contribution in [-0.4, -0.2) is 44.3 Å². The fourth-order valence-corrected chi connectivity index (χ4v) is 6.56. The minimum absolute atomic E-state index is 0.0893. The average molecular weight is 612 g/mol. The number of aryl methyl sites for hydroxylation is 3. The van der Waals surface area contributed by atoms with E-state index in [1.165, 1.54) is 9.21 Å². The fraction of sp³-hybridized carbons (Fsp3) is 0.278. The van der Waals surface area contributed by atoms with E-state index < -0.39 is 28.5 Å². The monoisotopic (exact) mass is 611 g/mol. The summed E-state index contributed by atoms with van der Waals surface area (Å²) in [5.74, 6) is -0.772. The van der Waals surface area contributed by atoms with Gasteiger partial charge in [0, 0.05) is 19.5 Å². The molecule has 0 heterocycles. The standard InChI is InChI=1S/C36H41N3O4S/c1-6-37-36(41)34(23-30-12-8-7-9-13-30)38(24-31-19-15-26(2)16-20-31)35(40)25-39(33-14-10-11-28(4)29(33)5)44(42,43)32-21-17-27(3)18-22-32/h7-22,34H,6,23-25H2,1-5H3,(H,37,41)/t34-/m1/s1. The molecule has 4 aromatic carbocycles. The summed E-state index contributed by atoms with van der Waals surface area (Å²) in [5, 5.41) is 2.89. The molecule has 4 rings (SSSR count). The highest BCUT2D eigenvalue weighted by Gasteiger charge is 2.35. The van der Waals surface area contributed by atoms with Crippen molar-refractivity contribution in [3.8, 4) is 0 Å². The van der Waals surface area contributed by atoms with E-state index in [0.29, 0.717) is 12.2 Å². The number of carbonyl (C=O) groups excluding carboxylic acids is 2. The Morgan fingerprint density at radius 1 is 0.750 bits per heavy atom. The molecule has 44 heavy (non-hydrogen) atoms. The van der Waals surface area contributed by atoms with Crippen LogP contribution >= 0.6 is 0 Å². The van der Waals surface area contributed by atoms with Crippen LogP contribution in [0.25, 0.3) is 0 Å². The van der Waals surface area contributed by atoms with Gasteiger partial charge in [-0.3, -0.25) is 13.9 Å². The van der Waals surface area contributed by atoms with Crippen molar-refractivity contribution in [2.75, 3.05) is 17.4 Å². The van der Waals surface area contributed by atoms with Crippen LogP contribution < -0.4 is 9.62 Å². The summed E-state index contributed by atoms with van der Waals surface area (Å²) in [5.41, 5.74) is 5.81. The number of anilines is 1. The second kappa shape index (κ2) is 14.4. The highest BCUT2D eigenvalue weighted by molar-refractivity contribution is 7.92. The number of sulfonamides is 1. The van der Waals surface area contributed by atoms with Crippen LogP contribution in [0.1, 0.15) is 40.3 Å². The molecular weight excluding hydrogens is 570 g/mol. The zero-order valence-electron chi connectivity index (χ0n) is 26.1. The van der Waals surface area contributed by atoms with Gasteiger partial charge in [-0.2, -0.15) is 0 Å². The van der Waals surface area contributed by atoms with Gasteiger partial charge < -0.3 is 10.2 Å². The SMILES string of the molecule is CCNC(=O)[C@@H](Cc1ccccc1)N(Cc1ccc(C)cc1)C(=O)CN(c1cccc(C)c1C)S(=O)(=O)c1ccc(C)cc1. The van der Waals surface area contributed by atoms with Gasteiger partial charge in [0.15, 0.2) is 0 Å².